The minimum Gasteiger partial charge on any atom is -0.324 e. The Kier molecular flexibility index (Phi) is 3.91. The molecule has 3 rings (SSSR count). The molecule has 0 fully saturated rings. The molecule has 110 valence electrons. The fourth-order valence-corrected chi connectivity index (χ4v) is 2.14. The molecule has 3 aromatic rings. The van der Waals surface area contributed by atoms with Gasteiger partial charge in [0.15, 0.2) is 5.82 Å². The van der Waals surface area contributed by atoms with Gasteiger partial charge in [0.2, 0.25) is 5.91 Å². The maximum Gasteiger partial charge on any atom is 0.246 e. The molecule has 0 aliphatic carbocycles. The molecule has 2 aromatic carbocycles. The number of aromatic nitrogens is 4. The number of rotatable bonds is 4. The number of aryl methyl sites for hydroxylation is 1. The summed E-state index contributed by atoms with van der Waals surface area (Å²) in [6.45, 7) is 2.01. The summed E-state index contributed by atoms with van der Waals surface area (Å²) < 4.78 is 1.49. The molecular weight excluding hydrogens is 278 g/mol. The number of para-hydroxylation sites is 1. The van der Waals surface area contributed by atoms with E-state index >= 15 is 0 Å². The molecule has 0 aliphatic rings. The second-order valence-electron chi connectivity index (χ2n) is 4.89. The fourth-order valence-electron chi connectivity index (χ4n) is 2.14. The van der Waals surface area contributed by atoms with E-state index in [1.807, 2.05) is 61.5 Å². The standard InChI is InChI=1S/C16H15N5O/c1-12-7-5-6-10-14(12)17-15(22)11-21-16(18-19-20-21)13-8-3-2-4-9-13/h2-10H,11H2,1H3,(H,17,22). The van der Waals surface area contributed by atoms with Crippen LogP contribution in [0.5, 0.6) is 0 Å². The van der Waals surface area contributed by atoms with Gasteiger partial charge in [0.1, 0.15) is 6.54 Å². The molecule has 0 saturated carbocycles. The van der Waals surface area contributed by atoms with E-state index < -0.39 is 0 Å². The van der Waals surface area contributed by atoms with Gasteiger partial charge in [-0.05, 0) is 29.0 Å². The van der Waals surface area contributed by atoms with Gasteiger partial charge in [-0.2, -0.15) is 0 Å². The number of carbonyl (C=O) groups excluding carboxylic acids is 1. The van der Waals surface area contributed by atoms with Crippen LogP contribution in [0.1, 0.15) is 5.56 Å². The fraction of sp³-hybridized carbons (Fsp3) is 0.125. The molecule has 22 heavy (non-hydrogen) atoms. The maximum absolute atomic E-state index is 12.2. The van der Waals surface area contributed by atoms with E-state index in [0.29, 0.717) is 5.82 Å². The van der Waals surface area contributed by atoms with Crippen molar-refractivity contribution in [3.05, 3.63) is 60.2 Å². The molecule has 1 amide bonds. The molecule has 0 radical (unpaired) electrons. The Labute approximate surface area is 127 Å². The monoisotopic (exact) mass is 293 g/mol. The molecule has 1 heterocycles. The van der Waals surface area contributed by atoms with Crippen LogP contribution in [-0.4, -0.2) is 26.1 Å². The van der Waals surface area contributed by atoms with E-state index in [0.717, 1.165) is 16.8 Å². The summed E-state index contributed by atoms with van der Waals surface area (Å²) in [6, 6.07) is 17.2. The third-order valence-electron chi connectivity index (χ3n) is 3.28. The number of anilines is 1. The van der Waals surface area contributed by atoms with Crippen molar-refractivity contribution in [3.63, 3.8) is 0 Å². The van der Waals surface area contributed by atoms with Gasteiger partial charge in [0.05, 0.1) is 0 Å². The number of hydrogen-bond acceptors (Lipinski definition) is 4. The molecule has 6 heteroatoms. The highest BCUT2D eigenvalue weighted by atomic mass is 16.2. The van der Waals surface area contributed by atoms with Crippen molar-refractivity contribution in [2.45, 2.75) is 13.5 Å². The quantitative estimate of drug-likeness (QED) is 0.801. The lowest BCUT2D eigenvalue weighted by Gasteiger charge is -2.08. The highest BCUT2D eigenvalue weighted by Crippen LogP contribution is 2.16. The van der Waals surface area contributed by atoms with Crippen molar-refractivity contribution in [2.24, 2.45) is 0 Å². The van der Waals surface area contributed by atoms with E-state index in [4.69, 9.17) is 0 Å². The number of nitrogens with one attached hydrogen (secondary N) is 1. The third-order valence-corrected chi connectivity index (χ3v) is 3.28. The Hall–Kier alpha value is -3.02. The van der Waals surface area contributed by atoms with Crippen LogP contribution in [0.2, 0.25) is 0 Å². The molecule has 0 unspecified atom stereocenters. The second-order valence-corrected chi connectivity index (χ2v) is 4.89. The number of amides is 1. The van der Waals surface area contributed by atoms with E-state index in [9.17, 15) is 4.79 Å². The van der Waals surface area contributed by atoms with Crippen LogP contribution < -0.4 is 5.32 Å². The molecular formula is C16H15N5O. The zero-order valence-corrected chi connectivity index (χ0v) is 12.1. The summed E-state index contributed by atoms with van der Waals surface area (Å²) in [5, 5.41) is 14.4. The van der Waals surface area contributed by atoms with Gasteiger partial charge in [-0.15, -0.1) is 5.10 Å². The zero-order valence-electron chi connectivity index (χ0n) is 12.1. The smallest absolute Gasteiger partial charge is 0.246 e. The number of nitrogens with zero attached hydrogens (tertiary/aromatic N) is 4. The van der Waals surface area contributed by atoms with E-state index in [-0.39, 0.29) is 12.5 Å². The van der Waals surface area contributed by atoms with Gasteiger partial charge in [-0.3, -0.25) is 4.79 Å². The second kappa shape index (κ2) is 6.17. The highest BCUT2D eigenvalue weighted by molar-refractivity contribution is 5.91. The lowest BCUT2D eigenvalue weighted by atomic mass is 10.2. The first-order chi connectivity index (χ1) is 10.7. The Bertz CT molecular complexity index is 782. The van der Waals surface area contributed by atoms with Crippen LogP contribution in [0.3, 0.4) is 0 Å². The minimum atomic E-state index is -0.168. The predicted octanol–water partition coefficient (Wildman–Crippen LogP) is 2.29. The van der Waals surface area contributed by atoms with Crippen molar-refractivity contribution in [2.75, 3.05) is 5.32 Å². The number of tetrazole rings is 1. The number of benzene rings is 2. The van der Waals surface area contributed by atoms with Crippen LogP contribution in [0.15, 0.2) is 54.6 Å². The van der Waals surface area contributed by atoms with Gasteiger partial charge >= 0.3 is 0 Å². The SMILES string of the molecule is Cc1ccccc1NC(=O)Cn1nnnc1-c1ccccc1. The van der Waals surface area contributed by atoms with Gasteiger partial charge in [0, 0.05) is 11.3 Å². The number of hydrogen-bond donors (Lipinski definition) is 1. The molecule has 0 spiro atoms. The van der Waals surface area contributed by atoms with Crippen LogP contribution in [0.25, 0.3) is 11.4 Å². The summed E-state index contributed by atoms with van der Waals surface area (Å²) in [5.41, 5.74) is 2.67. The zero-order chi connectivity index (χ0) is 15.4. The largest absolute Gasteiger partial charge is 0.324 e. The maximum atomic E-state index is 12.2. The molecule has 1 N–H and O–H groups in total. The average Bonchev–Trinajstić information content (AvgIpc) is 2.98. The van der Waals surface area contributed by atoms with Crippen LogP contribution in [-0.2, 0) is 11.3 Å². The first-order valence-corrected chi connectivity index (χ1v) is 6.91. The van der Waals surface area contributed by atoms with Gasteiger partial charge in [-0.25, -0.2) is 4.68 Å². The van der Waals surface area contributed by atoms with Crippen molar-refractivity contribution < 1.29 is 4.79 Å². The average molecular weight is 293 g/mol. The van der Waals surface area contributed by atoms with Gasteiger partial charge < -0.3 is 5.32 Å². The van der Waals surface area contributed by atoms with Gasteiger partial charge in [0.25, 0.3) is 0 Å². The first-order valence-electron chi connectivity index (χ1n) is 6.91. The number of carbonyl (C=O) groups is 1. The molecule has 0 aliphatic heterocycles. The topological polar surface area (TPSA) is 72.7 Å². The molecule has 1 aromatic heterocycles. The van der Waals surface area contributed by atoms with Crippen molar-refractivity contribution >= 4 is 11.6 Å². The normalized spacial score (nSPS) is 10.4. The van der Waals surface area contributed by atoms with Crippen LogP contribution in [0, 0.1) is 6.92 Å². The van der Waals surface area contributed by atoms with E-state index in [2.05, 4.69) is 20.8 Å². The lowest BCUT2D eigenvalue weighted by Crippen LogP contribution is -2.20. The third kappa shape index (κ3) is 3.01. The summed E-state index contributed by atoms with van der Waals surface area (Å²) in [6.07, 6.45) is 0. The van der Waals surface area contributed by atoms with Crippen molar-refractivity contribution in [1.29, 1.82) is 0 Å². The summed E-state index contributed by atoms with van der Waals surface area (Å²) >= 11 is 0. The van der Waals surface area contributed by atoms with E-state index in [1.165, 1.54) is 4.68 Å². The molecule has 0 atom stereocenters. The van der Waals surface area contributed by atoms with Crippen LogP contribution in [0.4, 0.5) is 5.69 Å². The molecule has 6 nitrogen and oxygen atoms in total. The summed E-state index contributed by atoms with van der Waals surface area (Å²) in [4.78, 5) is 12.2. The van der Waals surface area contributed by atoms with Gasteiger partial charge in [-0.1, -0.05) is 48.5 Å². The first kappa shape index (κ1) is 13.9. The minimum absolute atomic E-state index is 0.0611. The van der Waals surface area contributed by atoms with E-state index in [1.54, 1.807) is 0 Å². The summed E-state index contributed by atoms with van der Waals surface area (Å²) in [5.74, 6) is 0.402. The highest BCUT2D eigenvalue weighted by Gasteiger charge is 2.12. The van der Waals surface area contributed by atoms with Crippen molar-refractivity contribution in [3.8, 4) is 11.4 Å². The van der Waals surface area contributed by atoms with Crippen molar-refractivity contribution in [1.82, 2.24) is 20.2 Å². The Morgan fingerprint density at radius 3 is 2.59 bits per heavy atom. The van der Waals surface area contributed by atoms with Crippen LogP contribution >= 0.6 is 0 Å². The summed E-state index contributed by atoms with van der Waals surface area (Å²) in [7, 11) is 0. The Balaban J connectivity index is 1.76. The molecule has 0 saturated heterocycles. The Morgan fingerprint density at radius 1 is 1.09 bits per heavy atom. The predicted molar refractivity (Wildman–Crippen MR) is 83.1 cm³/mol. The Morgan fingerprint density at radius 2 is 1.82 bits per heavy atom. The lowest BCUT2D eigenvalue weighted by molar-refractivity contribution is -0.116. The molecule has 0 bridgehead atoms.